The highest BCUT2D eigenvalue weighted by atomic mass is 16.6. The van der Waals surface area contributed by atoms with Crippen LogP contribution in [0.15, 0.2) is 23.2 Å². The third-order valence-electron chi connectivity index (χ3n) is 2.28. The van der Waals surface area contributed by atoms with E-state index in [-0.39, 0.29) is 12.4 Å². The van der Waals surface area contributed by atoms with Crippen LogP contribution in [0.4, 0.5) is 0 Å². The molecule has 0 amide bonds. The summed E-state index contributed by atoms with van der Waals surface area (Å²) in [5.74, 6) is -1.73. The van der Waals surface area contributed by atoms with Gasteiger partial charge in [-0.15, -0.1) is 0 Å². The zero-order valence-electron chi connectivity index (χ0n) is 9.99. The Morgan fingerprint density at radius 2 is 2.18 bits per heavy atom. The maximum absolute atomic E-state index is 11.7. The Bertz CT molecular complexity index is 378. The minimum absolute atomic E-state index is 0.0967. The van der Waals surface area contributed by atoms with Crippen molar-refractivity contribution in [1.82, 2.24) is 0 Å². The number of aliphatic hydroxyl groups excluding tert-OH is 1. The minimum Gasteiger partial charge on any atom is -0.502 e. The molecule has 0 saturated carbocycles. The molecule has 0 fully saturated rings. The molecule has 5 nitrogen and oxygen atoms in total. The zero-order chi connectivity index (χ0) is 12.8. The monoisotopic (exact) mass is 240 g/mol. The molecule has 0 aliphatic carbocycles. The van der Waals surface area contributed by atoms with Crippen molar-refractivity contribution in [3.8, 4) is 0 Å². The number of esters is 2. The third kappa shape index (κ3) is 3.34. The minimum atomic E-state index is -0.835. The van der Waals surface area contributed by atoms with Crippen LogP contribution in [-0.4, -0.2) is 23.7 Å². The van der Waals surface area contributed by atoms with Gasteiger partial charge in [0.1, 0.15) is 5.76 Å². The number of allylic oxidation sites excluding steroid dienone is 1. The van der Waals surface area contributed by atoms with Gasteiger partial charge in [-0.3, -0.25) is 0 Å². The molecule has 0 aromatic carbocycles. The molecule has 0 bridgehead atoms. The SMILES string of the molecule is CCCC/C(C(=O)OCC)=C1/C=C(O)C(=O)O1. The maximum Gasteiger partial charge on any atom is 0.378 e. The van der Waals surface area contributed by atoms with E-state index >= 15 is 0 Å². The van der Waals surface area contributed by atoms with Crippen LogP contribution >= 0.6 is 0 Å². The summed E-state index contributed by atoms with van der Waals surface area (Å²) in [5, 5.41) is 9.15. The molecule has 0 radical (unpaired) electrons. The molecular formula is C12H16O5. The van der Waals surface area contributed by atoms with Crippen LogP contribution in [-0.2, 0) is 19.1 Å². The van der Waals surface area contributed by atoms with Gasteiger partial charge in [-0.25, -0.2) is 9.59 Å². The van der Waals surface area contributed by atoms with Gasteiger partial charge < -0.3 is 14.6 Å². The Morgan fingerprint density at radius 3 is 2.65 bits per heavy atom. The molecule has 5 heteroatoms. The van der Waals surface area contributed by atoms with E-state index in [2.05, 4.69) is 0 Å². The van der Waals surface area contributed by atoms with Crippen molar-refractivity contribution in [2.45, 2.75) is 33.1 Å². The predicted octanol–water partition coefficient (Wildman–Crippen LogP) is 1.99. The average Bonchev–Trinajstić information content (AvgIpc) is 2.60. The predicted molar refractivity (Wildman–Crippen MR) is 60.0 cm³/mol. The number of hydrogen-bond acceptors (Lipinski definition) is 5. The van der Waals surface area contributed by atoms with E-state index in [1.54, 1.807) is 6.92 Å². The van der Waals surface area contributed by atoms with E-state index in [0.29, 0.717) is 12.0 Å². The van der Waals surface area contributed by atoms with Crippen molar-refractivity contribution in [3.63, 3.8) is 0 Å². The second kappa shape index (κ2) is 6.08. The van der Waals surface area contributed by atoms with Crippen LogP contribution in [0.25, 0.3) is 0 Å². The van der Waals surface area contributed by atoms with Gasteiger partial charge >= 0.3 is 11.9 Å². The van der Waals surface area contributed by atoms with Crippen LogP contribution in [0.5, 0.6) is 0 Å². The Hall–Kier alpha value is -1.78. The fourth-order valence-corrected chi connectivity index (χ4v) is 1.41. The van der Waals surface area contributed by atoms with Gasteiger partial charge in [-0.05, 0) is 19.8 Å². The number of carbonyl (C=O) groups excluding carboxylic acids is 2. The molecule has 94 valence electrons. The highest BCUT2D eigenvalue weighted by molar-refractivity contribution is 5.95. The molecule has 0 atom stereocenters. The van der Waals surface area contributed by atoms with Crippen molar-refractivity contribution in [1.29, 1.82) is 0 Å². The molecule has 1 N–H and O–H groups in total. The summed E-state index contributed by atoms with van der Waals surface area (Å²) in [4.78, 5) is 22.7. The van der Waals surface area contributed by atoms with Crippen molar-refractivity contribution < 1.29 is 24.2 Å². The molecule has 0 spiro atoms. The Labute approximate surface area is 99.7 Å². The van der Waals surface area contributed by atoms with E-state index in [1.807, 2.05) is 6.92 Å². The van der Waals surface area contributed by atoms with Gasteiger partial charge in [0.25, 0.3) is 0 Å². The molecule has 1 aliphatic rings. The Balaban J connectivity index is 2.93. The Kier molecular flexibility index (Phi) is 4.75. The summed E-state index contributed by atoms with van der Waals surface area (Å²) in [7, 11) is 0. The van der Waals surface area contributed by atoms with E-state index in [4.69, 9.17) is 14.6 Å². The van der Waals surface area contributed by atoms with Gasteiger partial charge in [-0.1, -0.05) is 13.3 Å². The van der Waals surface area contributed by atoms with Crippen molar-refractivity contribution in [2.24, 2.45) is 0 Å². The molecule has 17 heavy (non-hydrogen) atoms. The summed E-state index contributed by atoms with van der Waals surface area (Å²) in [6, 6.07) is 0. The second-order valence-corrected chi connectivity index (χ2v) is 3.59. The molecule has 0 aromatic rings. The van der Waals surface area contributed by atoms with E-state index < -0.39 is 17.7 Å². The summed E-state index contributed by atoms with van der Waals surface area (Å²) < 4.78 is 9.68. The van der Waals surface area contributed by atoms with Gasteiger partial charge in [0.05, 0.1) is 12.2 Å². The number of aliphatic hydroxyl groups is 1. The largest absolute Gasteiger partial charge is 0.502 e. The Morgan fingerprint density at radius 1 is 1.47 bits per heavy atom. The second-order valence-electron chi connectivity index (χ2n) is 3.59. The van der Waals surface area contributed by atoms with Crippen molar-refractivity contribution in [3.05, 3.63) is 23.2 Å². The van der Waals surface area contributed by atoms with Crippen LogP contribution in [0.1, 0.15) is 33.1 Å². The number of unbranched alkanes of at least 4 members (excludes halogenated alkanes) is 1. The third-order valence-corrected chi connectivity index (χ3v) is 2.28. The lowest BCUT2D eigenvalue weighted by atomic mass is 10.1. The average molecular weight is 240 g/mol. The first kappa shape index (κ1) is 13.3. The van der Waals surface area contributed by atoms with Gasteiger partial charge in [-0.2, -0.15) is 0 Å². The highest BCUT2D eigenvalue weighted by Crippen LogP contribution is 2.23. The fourth-order valence-electron chi connectivity index (χ4n) is 1.41. The van der Waals surface area contributed by atoms with Crippen molar-refractivity contribution in [2.75, 3.05) is 6.61 Å². The smallest absolute Gasteiger partial charge is 0.378 e. The first-order chi connectivity index (χ1) is 8.10. The van der Waals surface area contributed by atoms with E-state index in [1.165, 1.54) is 0 Å². The normalized spacial score (nSPS) is 17.5. The quantitative estimate of drug-likeness (QED) is 0.587. The molecule has 1 rings (SSSR count). The lowest BCUT2D eigenvalue weighted by Gasteiger charge is -2.08. The number of hydrogen-bond donors (Lipinski definition) is 1. The van der Waals surface area contributed by atoms with Crippen LogP contribution in [0.2, 0.25) is 0 Å². The highest BCUT2D eigenvalue weighted by Gasteiger charge is 2.26. The first-order valence-corrected chi connectivity index (χ1v) is 5.63. The fraction of sp³-hybridized carbons (Fsp3) is 0.500. The van der Waals surface area contributed by atoms with Crippen LogP contribution in [0.3, 0.4) is 0 Å². The topological polar surface area (TPSA) is 72.8 Å². The van der Waals surface area contributed by atoms with E-state index in [9.17, 15) is 9.59 Å². The van der Waals surface area contributed by atoms with Crippen LogP contribution < -0.4 is 0 Å². The number of carbonyl (C=O) groups is 2. The zero-order valence-corrected chi connectivity index (χ0v) is 9.99. The lowest BCUT2D eigenvalue weighted by Crippen LogP contribution is -2.11. The summed E-state index contributed by atoms with van der Waals surface area (Å²) >= 11 is 0. The standard InChI is InChI=1S/C12H16O5/c1-3-5-6-8(11(14)16-4-2)10-7-9(13)12(15)17-10/h7,13H,3-6H2,1-2H3/b10-8+. The summed E-state index contributed by atoms with van der Waals surface area (Å²) in [6.07, 6.45) is 3.30. The maximum atomic E-state index is 11.7. The lowest BCUT2D eigenvalue weighted by molar-refractivity contribution is -0.139. The number of rotatable bonds is 5. The van der Waals surface area contributed by atoms with Gasteiger partial charge in [0.2, 0.25) is 5.76 Å². The number of cyclic esters (lactones) is 1. The van der Waals surface area contributed by atoms with Crippen molar-refractivity contribution >= 4 is 11.9 Å². The molecule has 0 saturated heterocycles. The van der Waals surface area contributed by atoms with Gasteiger partial charge in [0.15, 0.2) is 0 Å². The molecule has 1 aliphatic heterocycles. The molecular weight excluding hydrogens is 224 g/mol. The summed E-state index contributed by atoms with van der Waals surface area (Å²) in [6.45, 7) is 3.95. The molecule has 0 aromatic heterocycles. The number of ether oxygens (including phenoxy) is 2. The van der Waals surface area contributed by atoms with Gasteiger partial charge in [0, 0.05) is 6.08 Å². The molecule has 0 unspecified atom stereocenters. The van der Waals surface area contributed by atoms with Crippen LogP contribution in [0, 0.1) is 0 Å². The molecule has 1 heterocycles. The summed E-state index contributed by atoms with van der Waals surface area (Å²) in [5.41, 5.74) is 0.297. The van der Waals surface area contributed by atoms with E-state index in [0.717, 1.165) is 18.9 Å². The first-order valence-electron chi connectivity index (χ1n) is 5.63.